The van der Waals surface area contributed by atoms with E-state index in [2.05, 4.69) is 4.98 Å². The van der Waals surface area contributed by atoms with Crippen molar-refractivity contribution in [3.05, 3.63) is 41.1 Å². The molecule has 3 nitrogen and oxygen atoms in total. The number of carbonyl (C=O) groups is 1. The molecule has 3 heteroatoms. The highest BCUT2D eigenvalue weighted by Crippen LogP contribution is 2.28. The number of pyridine rings is 1. The molecule has 1 aromatic carbocycles. The van der Waals surface area contributed by atoms with Gasteiger partial charge in [0, 0.05) is 11.6 Å². The van der Waals surface area contributed by atoms with Crippen LogP contribution in [0.25, 0.3) is 10.9 Å². The van der Waals surface area contributed by atoms with Gasteiger partial charge in [-0.3, -0.25) is 4.98 Å². The number of aryl methyl sites for hydroxylation is 1. The van der Waals surface area contributed by atoms with Crippen LogP contribution >= 0.6 is 0 Å². The maximum Gasteiger partial charge on any atom is 0.337 e. The molecule has 0 aliphatic heterocycles. The van der Waals surface area contributed by atoms with Gasteiger partial charge in [-0.2, -0.15) is 0 Å². The standard InChI is InChI=1S/C14H15NO2/c1-8(2)13-10-5-4-9(3)6-12(10)15-7-11(13)14(16)17/h4-8H,1-3H3,(H,16,17). The molecule has 0 amide bonds. The van der Waals surface area contributed by atoms with Gasteiger partial charge in [0.2, 0.25) is 0 Å². The Morgan fingerprint density at radius 1 is 1.35 bits per heavy atom. The van der Waals surface area contributed by atoms with Gasteiger partial charge >= 0.3 is 5.97 Å². The highest BCUT2D eigenvalue weighted by atomic mass is 16.4. The van der Waals surface area contributed by atoms with E-state index >= 15 is 0 Å². The molecule has 88 valence electrons. The average molecular weight is 229 g/mol. The Morgan fingerprint density at radius 3 is 2.65 bits per heavy atom. The molecule has 0 aliphatic carbocycles. The fourth-order valence-electron chi connectivity index (χ4n) is 2.12. The van der Waals surface area contributed by atoms with Crippen molar-refractivity contribution in [3.63, 3.8) is 0 Å². The summed E-state index contributed by atoms with van der Waals surface area (Å²) in [7, 11) is 0. The minimum Gasteiger partial charge on any atom is -0.478 e. The topological polar surface area (TPSA) is 50.2 Å². The number of hydrogen-bond donors (Lipinski definition) is 1. The van der Waals surface area contributed by atoms with Crippen LogP contribution in [-0.4, -0.2) is 16.1 Å². The summed E-state index contributed by atoms with van der Waals surface area (Å²) in [6.45, 7) is 6.00. The fourth-order valence-corrected chi connectivity index (χ4v) is 2.12. The van der Waals surface area contributed by atoms with Gasteiger partial charge in [-0.05, 0) is 30.0 Å². The fraction of sp³-hybridized carbons (Fsp3) is 0.286. The summed E-state index contributed by atoms with van der Waals surface area (Å²) in [6.07, 6.45) is 1.46. The lowest BCUT2D eigenvalue weighted by Gasteiger charge is -2.13. The van der Waals surface area contributed by atoms with Gasteiger partial charge in [-0.25, -0.2) is 4.79 Å². The lowest BCUT2D eigenvalue weighted by Crippen LogP contribution is -2.06. The number of carboxylic acid groups (broad SMARTS) is 1. The molecule has 1 N–H and O–H groups in total. The molecule has 0 saturated heterocycles. The SMILES string of the molecule is Cc1ccc2c(C(C)C)c(C(=O)O)cnc2c1. The van der Waals surface area contributed by atoms with E-state index in [4.69, 9.17) is 0 Å². The maximum atomic E-state index is 11.2. The minimum atomic E-state index is -0.913. The summed E-state index contributed by atoms with van der Waals surface area (Å²) in [5.74, 6) is -0.752. The minimum absolute atomic E-state index is 0.161. The van der Waals surface area contributed by atoms with Crippen LogP contribution < -0.4 is 0 Å². The third kappa shape index (κ3) is 2.00. The number of rotatable bonds is 2. The zero-order valence-electron chi connectivity index (χ0n) is 10.2. The van der Waals surface area contributed by atoms with Crippen molar-refractivity contribution in [3.8, 4) is 0 Å². The zero-order valence-corrected chi connectivity index (χ0v) is 10.2. The Kier molecular flexibility index (Phi) is 2.84. The summed E-state index contributed by atoms with van der Waals surface area (Å²) in [6, 6.07) is 5.92. The summed E-state index contributed by atoms with van der Waals surface area (Å²) < 4.78 is 0. The van der Waals surface area contributed by atoms with Crippen LogP contribution in [0.1, 0.15) is 41.3 Å². The van der Waals surface area contributed by atoms with Gasteiger partial charge in [0.05, 0.1) is 11.1 Å². The molecule has 0 aliphatic rings. The zero-order chi connectivity index (χ0) is 12.6. The maximum absolute atomic E-state index is 11.2. The first kappa shape index (κ1) is 11.6. The van der Waals surface area contributed by atoms with E-state index < -0.39 is 5.97 Å². The molecule has 1 aromatic heterocycles. The molecule has 1 heterocycles. The van der Waals surface area contributed by atoms with E-state index in [0.717, 1.165) is 22.0 Å². The number of benzene rings is 1. The quantitative estimate of drug-likeness (QED) is 0.859. The normalized spacial score (nSPS) is 11.1. The Bertz CT molecular complexity index is 588. The number of hydrogen-bond acceptors (Lipinski definition) is 2. The van der Waals surface area contributed by atoms with Gasteiger partial charge in [0.15, 0.2) is 0 Å². The summed E-state index contributed by atoms with van der Waals surface area (Å²) in [5.41, 5.74) is 3.15. The van der Waals surface area contributed by atoms with Crippen molar-refractivity contribution >= 4 is 16.9 Å². The van der Waals surface area contributed by atoms with Crippen molar-refractivity contribution in [2.45, 2.75) is 26.7 Å². The Morgan fingerprint density at radius 2 is 2.06 bits per heavy atom. The first-order chi connectivity index (χ1) is 8.00. The molecule has 17 heavy (non-hydrogen) atoms. The number of aromatic carboxylic acids is 1. The smallest absolute Gasteiger partial charge is 0.337 e. The van der Waals surface area contributed by atoms with E-state index in [1.807, 2.05) is 39.0 Å². The second-order valence-electron chi connectivity index (χ2n) is 4.57. The molecular formula is C14H15NO2. The second kappa shape index (κ2) is 4.17. The molecule has 0 atom stereocenters. The van der Waals surface area contributed by atoms with E-state index in [1.54, 1.807) is 0 Å². The van der Waals surface area contributed by atoms with E-state index in [9.17, 15) is 9.90 Å². The van der Waals surface area contributed by atoms with Crippen LogP contribution in [0.5, 0.6) is 0 Å². The molecule has 2 rings (SSSR count). The Hall–Kier alpha value is -1.90. The number of aromatic nitrogens is 1. The number of fused-ring (bicyclic) bond motifs is 1. The lowest BCUT2D eigenvalue weighted by atomic mass is 9.93. The lowest BCUT2D eigenvalue weighted by molar-refractivity contribution is 0.0695. The Balaban J connectivity index is 2.84. The first-order valence-electron chi connectivity index (χ1n) is 5.63. The van der Waals surface area contributed by atoms with Gasteiger partial charge < -0.3 is 5.11 Å². The first-order valence-corrected chi connectivity index (χ1v) is 5.63. The monoisotopic (exact) mass is 229 g/mol. The molecule has 0 fully saturated rings. The van der Waals surface area contributed by atoms with Gasteiger partial charge in [-0.15, -0.1) is 0 Å². The molecule has 2 aromatic rings. The van der Waals surface area contributed by atoms with Crippen LogP contribution in [-0.2, 0) is 0 Å². The molecule has 0 bridgehead atoms. The summed E-state index contributed by atoms with van der Waals surface area (Å²) in [5, 5.41) is 10.1. The molecule has 0 unspecified atom stereocenters. The second-order valence-corrected chi connectivity index (χ2v) is 4.57. The summed E-state index contributed by atoms with van der Waals surface area (Å²) in [4.78, 5) is 15.4. The molecule has 0 saturated carbocycles. The van der Waals surface area contributed by atoms with Crippen LogP contribution in [0, 0.1) is 6.92 Å². The highest BCUT2D eigenvalue weighted by molar-refractivity contribution is 5.96. The van der Waals surface area contributed by atoms with Crippen molar-refractivity contribution in [1.29, 1.82) is 0 Å². The number of nitrogens with zero attached hydrogens (tertiary/aromatic N) is 1. The number of carboxylic acids is 1. The average Bonchev–Trinajstić information content (AvgIpc) is 2.26. The molecule has 0 radical (unpaired) electrons. The third-order valence-corrected chi connectivity index (χ3v) is 2.87. The highest BCUT2D eigenvalue weighted by Gasteiger charge is 2.16. The van der Waals surface area contributed by atoms with Gasteiger partial charge in [0.1, 0.15) is 0 Å². The van der Waals surface area contributed by atoms with E-state index in [0.29, 0.717) is 5.56 Å². The largest absolute Gasteiger partial charge is 0.478 e. The van der Waals surface area contributed by atoms with Crippen LogP contribution in [0.4, 0.5) is 0 Å². The van der Waals surface area contributed by atoms with Crippen molar-refractivity contribution in [2.75, 3.05) is 0 Å². The summed E-state index contributed by atoms with van der Waals surface area (Å²) >= 11 is 0. The van der Waals surface area contributed by atoms with E-state index in [1.165, 1.54) is 6.20 Å². The molecular weight excluding hydrogens is 214 g/mol. The van der Waals surface area contributed by atoms with Crippen molar-refractivity contribution < 1.29 is 9.90 Å². The van der Waals surface area contributed by atoms with Gasteiger partial charge in [-0.1, -0.05) is 26.0 Å². The van der Waals surface area contributed by atoms with Crippen molar-refractivity contribution in [1.82, 2.24) is 4.98 Å². The Labute approximate surface area is 100 Å². The predicted molar refractivity (Wildman–Crippen MR) is 67.5 cm³/mol. The van der Waals surface area contributed by atoms with Gasteiger partial charge in [0.25, 0.3) is 0 Å². The predicted octanol–water partition coefficient (Wildman–Crippen LogP) is 3.36. The van der Waals surface area contributed by atoms with Crippen LogP contribution in [0.15, 0.2) is 24.4 Å². The third-order valence-electron chi connectivity index (χ3n) is 2.87. The molecule has 0 spiro atoms. The van der Waals surface area contributed by atoms with Crippen LogP contribution in [0.3, 0.4) is 0 Å². The van der Waals surface area contributed by atoms with E-state index in [-0.39, 0.29) is 5.92 Å². The van der Waals surface area contributed by atoms with Crippen molar-refractivity contribution in [2.24, 2.45) is 0 Å². The van der Waals surface area contributed by atoms with Crippen LogP contribution in [0.2, 0.25) is 0 Å².